The fraction of sp³-hybridized carbons (Fsp3) is 0.400. The lowest BCUT2D eigenvalue weighted by Gasteiger charge is -2.31. The number of hydrogen-bond donors (Lipinski definition) is 1. The van der Waals surface area contributed by atoms with Crippen LogP contribution in [0.1, 0.15) is 18.0 Å². The van der Waals surface area contributed by atoms with Crippen molar-refractivity contribution in [1.29, 1.82) is 0 Å². The highest BCUT2D eigenvalue weighted by Gasteiger charge is 2.19. The zero-order chi connectivity index (χ0) is 9.42. The van der Waals surface area contributed by atoms with Gasteiger partial charge < -0.3 is 10.6 Å². The molecule has 2 rings (SSSR count). The van der Waals surface area contributed by atoms with Crippen LogP contribution in [0.2, 0.25) is 5.02 Å². The molecule has 1 aromatic rings. The highest BCUT2D eigenvalue weighted by Crippen LogP contribution is 2.33. The van der Waals surface area contributed by atoms with Crippen LogP contribution in [-0.2, 0) is 0 Å². The Morgan fingerprint density at radius 3 is 3.08 bits per heavy atom. The zero-order valence-corrected chi connectivity index (χ0v) is 8.38. The van der Waals surface area contributed by atoms with E-state index in [0.717, 1.165) is 18.0 Å². The predicted molar refractivity (Wildman–Crippen MR) is 56.3 cm³/mol. The first-order valence-corrected chi connectivity index (χ1v) is 4.82. The maximum atomic E-state index is 5.99. The molecule has 0 aliphatic carbocycles. The molecule has 1 unspecified atom stereocenters. The van der Waals surface area contributed by atoms with Gasteiger partial charge in [-0.2, -0.15) is 0 Å². The lowest BCUT2D eigenvalue weighted by molar-refractivity contribution is 0.614. The minimum atomic E-state index is 0.143. The maximum Gasteiger partial charge on any atom is 0.0413 e. The summed E-state index contributed by atoms with van der Waals surface area (Å²) in [5.41, 5.74) is 8.37. The van der Waals surface area contributed by atoms with E-state index in [9.17, 15) is 0 Å². The largest absolute Gasteiger partial charge is 0.374 e. The monoisotopic (exact) mass is 196 g/mol. The van der Waals surface area contributed by atoms with Gasteiger partial charge in [0.2, 0.25) is 0 Å². The molecular formula is C10H13ClN2. The lowest BCUT2D eigenvalue weighted by Crippen LogP contribution is -2.30. The van der Waals surface area contributed by atoms with Crippen LogP contribution in [-0.4, -0.2) is 13.6 Å². The number of benzene rings is 1. The molecule has 0 spiro atoms. The molecule has 1 aromatic carbocycles. The number of fused-ring (bicyclic) bond motifs is 1. The first-order valence-electron chi connectivity index (χ1n) is 4.44. The number of nitrogens with two attached hydrogens (primary N) is 1. The minimum Gasteiger partial charge on any atom is -0.374 e. The Bertz CT molecular complexity index is 325. The van der Waals surface area contributed by atoms with E-state index in [4.69, 9.17) is 17.3 Å². The van der Waals surface area contributed by atoms with Gasteiger partial charge in [-0.1, -0.05) is 11.6 Å². The second-order valence-corrected chi connectivity index (χ2v) is 3.96. The van der Waals surface area contributed by atoms with E-state index in [1.165, 1.54) is 11.3 Å². The Morgan fingerprint density at radius 2 is 2.31 bits per heavy atom. The second kappa shape index (κ2) is 3.20. The van der Waals surface area contributed by atoms with Crippen molar-refractivity contribution in [3.63, 3.8) is 0 Å². The van der Waals surface area contributed by atoms with Crippen LogP contribution in [0.4, 0.5) is 5.69 Å². The number of anilines is 1. The highest BCUT2D eigenvalue weighted by atomic mass is 35.5. The van der Waals surface area contributed by atoms with Gasteiger partial charge in [-0.05, 0) is 30.2 Å². The molecule has 0 saturated heterocycles. The Kier molecular flexibility index (Phi) is 2.18. The highest BCUT2D eigenvalue weighted by molar-refractivity contribution is 6.30. The van der Waals surface area contributed by atoms with E-state index >= 15 is 0 Å². The molecule has 0 amide bonds. The van der Waals surface area contributed by atoms with Gasteiger partial charge in [-0.3, -0.25) is 0 Å². The second-order valence-electron chi connectivity index (χ2n) is 3.52. The molecule has 3 heteroatoms. The number of halogens is 1. The maximum absolute atomic E-state index is 5.99. The van der Waals surface area contributed by atoms with Gasteiger partial charge in [-0.25, -0.2) is 0 Å². The van der Waals surface area contributed by atoms with Crippen LogP contribution < -0.4 is 10.6 Å². The van der Waals surface area contributed by atoms with Crippen LogP contribution in [0.5, 0.6) is 0 Å². The quantitative estimate of drug-likeness (QED) is 0.689. The first-order chi connectivity index (χ1) is 6.18. The molecule has 0 bridgehead atoms. The standard InChI is InChI=1S/C10H13ClN2/c1-13-5-4-9(12)8-6-7(11)2-3-10(8)13/h2-3,6,9H,4-5,12H2,1H3. The Balaban J connectivity index is 2.50. The average molecular weight is 197 g/mol. The normalized spacial score (nSPS) is 21.5. The summed E-state index contributed by atoms with van der Waals surface area (Å²) in [6.45, 7) is 1.02. The summed E-state index contributed by atoms with van der Waals surface area (Å²) in [7, 11) is 2.08. The van der Waals surface area contributed by atoms with E-state index < -0.39 is 0 Å². The van der Waals surface area contributed by atoms with E-state index in [1.807, 2.05) is 18.2 Å². The van der Waals surface area contributed by atoms with Crippen molar-refractivity contribution in [1.82, 2.24) is 0 Å². The molecule has 2 N–H and O–H groups in total. The van der Waals surface area contributed by atoms with Crippen LogP contribution in [0.25, 0.3) is 0 Å². The summed E-state index contributed by atoms with van der Waals surface area (Å²) in [5, 5.41) is 0.768. The lowest BCUT2D eigenvalue weighted by atomic mass is 9.98. The van der Waals surface area contributed by atoms with Crippen molar-refractivity contribution in [2.45, 2.75) is 12.5 Å². The third-order valence-corrected chi connectivity index (χ3v) is 2.81. The van der Waals surface area contributed by atoms with Gasteiger partial charge in [0.15, 0.2) is 0 Å². The van der Waals surface area contributed by atoms with Crippen LogP contribution in [0.3, 0.4) is 0 Å². The van der Waals surface area contributed by atoms with Crippen LogP contribution >= 0.6 is 11.6 Å². The summed E-state index contributed by atoms with van der Waals surface area (Å²) in [6.07, 6.45) is 1.00. The summed E-state index contributed by atoms with van der Waals surface area (Å²) in [5.74, 6) is 0. The van der Waals surface area contributed by atoms with Crippen molar-refractivity contribution in [2.75, 3.05) is 18.5 Å². The SMILES string of the molecule is CN1CCC(N)c2cc(Cl)ccc21. The smallest absolute Gasteiger partial charge is 0.0413 e. The number of nitrogens with zero attached hydrogens (tertiary/aromatic N) is 1. The molecule has 70 valence electrons. The number of hydrogen-bond acceptors (Lipinski definition) is 2. The Hall–Kier alpha value is -0.730. The van der Waals surface area contributed by atoms with E-state index in [0.29, 0.717) is 0 Å². The third-order valence-electron chi connectivity index (χ3n) is 2.58. The Labute approximate surface area is 83.3 Å². The molecule has 13 heavy (non-hydrogen) atoms. The molecule has 0 fully saturated rings. The summed E-state index contributed by atoms with van der Waals surface area (Å²) >= 11 is 5.92. The van der Waals surface area contributed by atoms with Gasteiger partial charge in [0.05, 0.1) is 0 Å². The summed E-state index contributed by atoms with van der Waals surface area (Å²) in [4.78, 5) is 2.22. The zero-order valence-electron chi connectivity index (χ0n) is 7.63. The van der Waals surface area contributed by atoms with E-state index in [1.54, 1.807) is 0 Å². The molecule has 1 aliphatic rings. The Morgan fingerprint density at radius 1 is 1.54 bits per heavy atom. The van der Waals surface area contributed by atoms with Gasteiger partial charge in [0.1, 0.15) is 0 Å². The summed E-state index contributed by atoms with van der Waals surface area (Å²) in [6, 6.07) is 6.06. The molecule has 1 aliphatic heterocycles. The van der Waals surface area contributed by atoms with Gasteiger partial charge in [-0.15, -0.1) is 0 Å². The van der Waals surface area contributed by atoms with Gasteiger partial charge in [0.25, 0.3) is 0 Å². The van der Waals surface area contributed by atoms with Crippen molar-refractivity contribution >= 4 is 17.3 Å². The molecule has 0 saturated carbocycles. The fourth-order valence-electron chi connectivity index (χ4n) is 1.78. The molecule has 0 aromatic heterocycles. The molecule has 0 radical (unpaired) electrons. The molecule has 1 atom stereocenters. The van der Waals surface area contributed by atoms with Gasteiger partial charge in [0, 0.05) is 30.3 Å². The van der Waals surface area contributed by atoms with Crippen molar-refractivity contribution in [2.24, 2.45) is 5.73 Å². The average Bonchev–Trinajstić information content (AvgIpc) is 2.12. The van der Waals surface area contributed by atoms with E-state index in [2.05, 4.69) is 11.9 Å². The van der Waals surface area contributed by atoms with Gasteiger partial charge >= 0.3 is 0 Å². The van der Waals surface area contributed by atoms with E-state index in [-0.39, 0.29) is 6.04 Å². The molecule has 2 nitrogen and oxygen atoms in total. The molecule has 1 heterocycles. The van der Waals surface area contributed by atoms with Crippen molar-refractivity contribution in [3.8, 4) is 0 Å². The minimum absolute atomic E-state index is 0.143. The van der Waals surface area contributed by atoms with Crippen molar-refractivity contribution < 1.29 is 0 Å². The third kappa shape index (κ3) is 1.52. The fourth-order valence-corrected chi connectivity index (χ4v) is 1.96. The van der Waals surface area contributed by atoms with Crippen LogP contribution in [0, 0.1) is 0 Å². The van der Waals surface area contributed by atoms with Crippen LogP contribution in [0.15, 0.2) is 18.2 Å². The number of rotatable bonds is 0. The molecular weight excluding hydrogens is 184 g/mol. The topological polar surface area (TPSA) is 29.3 Å². The summed E-state index contributed by atoms with van der Waals surface area (Å²) < 4.78 is 0. The first kappa shape index (κ1) is 8.85. The van der Waals surface area contributed by atoms with Crippen molar-refractivity contribution in [3.05, 3.63) is 28.8 Å². The predicted octanol–water partition coefficient (Wildman–Crippen LogP) is 2.18.